The van der Waals surface area contributed by atoms with E-state index in [1.54, 1.807) is 17.9 Å². The molecule has 3 aromatic rings. The molecule has 9 heteroatoms. The largest absolute Gasteiger partial charge is 0.465 e. The van der Waals surface area contributed by atoms with Crippen molar-refractivity contribution in [3.8, 4) is 11.1 Å². The van der Waals surface area contributed by atoms with E-state index in [4.69, 9.17) is 9.47 Å². The number of esters is 1. The van der Waals surface area contributed by atoms with Crippen LogP contribution in [0.25, 0.3) is 11.1 Å². The Bertz CT molecular complexity index is 1240. The molecule has 33 heavy (non-hydrogen) atoms. The monoisotopic (exact) mass is 469 g/mol. The van der Waals surface area contributed by atoms with E-state index in [9.17, 15) is 14.4 Å². The normalized spacial score (nSPS) is 11.5. The summed E-state index contributed by atoms with van der Waals surface area (Å²) < 4.78 is 15.1. The van der Waals surface area contributed by atoms with Crippen LogP contribution in [-0.4, -0.2) is 41.7 Å². The summed E-state index contributed by atoms with van der Waals surface area (Å²) in [4.78, 5) is 38.5. The Morgan fingerprint density at radius 1 is 1.00 bits per heavy atom. The van der Waals surface area contributed by atoms with E-state index in [1.165, 1.54) is 28.6 Å². The van der Waals surface area contributed by atoms with Crippen molar-refractivity contribution in [2.45, 2.75) is 39.0 Å². The third-order valence-electron chi connectivity index (χ3n) is 5.40. The summed E-state index contributed by atoms with van der Waals surface area (Å²) in [7, 11) is 1.64. The van der Waals surface area contributed by atoms with E-state index >= 15 is 0 Å². The molecule has 0 aliphatic rings. The van der Waals surface area contributed by atoms with E-state index in [-0.39, 0.29) is 29.0 Å². The Kier molecular flexibility index (Phi) is 7.55. The first-order chi connectivity index (χ1) is 15.6. The van der Waals surface area contributed by atoms with Crippen molar-refractivity contribution in [3.05, 3.63) is 80.6 Å². The summed E-state index contributed by atoms with van der Waals surface area (Å²) in [5, 5.41) is 0. The quantitative estimate of drug-likeness (QED) is 0.273. The first-order valence-corrected chi connectivity index (χ1v) is 14.5. The van der Waals surface area contributed by atoms with Gasteiger partial charge in [0.2, 0.25) is 0 Å². The number of aromatic nitrogens is 3. The maximum Gasteiger partial charge on any atom is 0.339 e. The molecular formula is C24H31N3O5Si. The van der Waals surface area contributed by atoms with Crippen molar-refractivity contribution in [1.82, 2.24) is 13.9 Å². The maximum absolute atomic E-state index is 13.2. The average molecular weight is 470 g/mol. The van der Waals surface area contributed by atoms with Crippen molar-refractivity contribution in [3.63, 3.8) is 0 Å². The van der Waals surface area contributed by atoms with Gasteiger partial charge in [0.1, 0.15) is 6.73 Å². The van der Waals surface area contributed by atoms with Crippen LogP contribution < -0.4 is 11.1 Å². The second-order valence-corrected chi connectivity index (χ2v) is 14.8. The van der Waals surface area contributed by atoms with Crippen LogP contribution in [0.5, 0.6) is 0 Å². The van der Waals surface area contributed by atoms with Gasteiger partial charge in [0.05, 0.1) is 30.3 Å². The average Bonchev–Trinajstić information content (AvgIpc) is 3.05. The fourth-order valence-corrected chi connectivity index (χ4v) is 4.14. The fourth-order valence-electron chi connectivity index (χ4n) is 3.38. The first kappa shape index (κ1) is 24.5. The van der Waals surface area contributed by atoms with Gasteiger partial charge in [0, 0.05) is 34.1 Å². The van der Waals surface area contributed by atoms with Gasteiger partial charge in [0.15, 0.2) is 0 Å². The summed E-state index contributed by atoms with van der Waals surface area (Å²) in [6.07, 6.45) is 3.06. The molecule has 0 spiro atoms. The molecule has 2 aromatic heterocycles. The zero-order chi connectivity index (χ0) is 24.2. The highest BCUT2D eigenvalue weighted by Crippen LogP contribution is 2.16. The van der Waals surface area contributed by atoms with Crippen molar-refractivity contribution in [1.29, 1.82) is 0 Å². The van der Waals surface area contributed by atoms with Crippen LogP contribution in [-0.2, 0) is 29.8 Å². The van der Waals surface area contributed by atoms with Gasteiger partial charge in [-0.2, -0.15) is 0 Å². The number of carbonyl (C=O) groups is 1. The van der Waals surface area contributed by atoms with Crippen LogP contribution >= 0.6 is 0 Å². The molecule has 8 nitrogen and oxygen atoms in total. The highest BCUT2D eigenvalue weighted by molar-refractivity contribution is 6.76. The molecule has 1 aromatic carbocycles. The maximum atomic E-state index is 13.2. The van der Waals surface area contributed by atoms with E-state index < -0.39 is 19.6 Å². The van der Waals surface area contributed by atoms with Crippen LogP contribution in [0.1, 0.15) is 15.9 Å². The molecule has 0 fully saturated rings. The molecule has 176 valence electrons. The molecule has 0 atom stereocenters. The summed E-state index contributed by atoms with van der Waals surface area (Å²) in [6, 6.07) is 12.1. The van der Waals surface area contributed by atoms with Crippen LogP contribution in [0.3, 0.4) is 0 Å². The van der Waals surface area contributed by atoms with Crippen LogP contribution in [0.2, 0.25) is 25.7 Å². The minimum absolute atomic E-state index is 0.00775. The lowest BCUT2D eigenvalue weighted by molar-refractivity contribution is 0.0595. The zero-order valence-corrected chi connectivity index (χ0v) is 20.8. The van der Waals surface area contributed by atoms with Crippen LogP contribution in [0, 0.1) is 0 Å². The van der Waals surface area contributed by atoms with Crippen molar-refractivity contribution < 1.29 is 14.3 Å². The van der Waals surface area contributed by atoms with Crippen molar-refractivity contribution >= 4 is 14.0 Å². The zero-order valence-electron chi connectivity index (χ0n) is 19.8. The molecule has 3 rings (SSSR count). The molecule has 0 radical (unpaired) electrons. The number of pyridine rings is 1. The number of ether oxygens (including phenoxy) is 2. The summed E-state index contributed by atoms with van der Waals surface area (Å²) in [5.41, 5.74) is 0.838. The molecule has 0 saturated heterocycles. The van der Waals surface area contributed by atoms with Crippen LogP contribution in [0.15, 0.2) is 58.4 Å². The summed E-state index contributed by atoms with van der Waals surface area (Å²) in [6.45, 7) is 7.72. The fraction of sp³-hybridized carbons (Fsp3) is 0.375. The number of carbonyl (C=O) groups excluding carboxylic acids is 1. The predicted octanol–water partition coefficient (Wildman–Crippen LogP) is 3.16. The molecule has 0 unspecified atom stereocenters. The van der Waals surface area contributed by atoms with Gasteiger partial charge in [-0.15, -0.1) is 0 Å². The highest BCUT2D eigenvalue weighted by Gasteiger charge is 2.19. The summed E-state index contributed by atoms with van der Waals surface area (Å²) in [5.74, 6) is -0.590. The van der Waals surface area contributed by atoms with Gasteiger partial charge in [-0.25, -0.2) is 4.79 Å². The minimum Gasteiger partial charge on any atom is -0.465 e. The molecule has 0 amide bonds. The number of methoxy groups -OCH3 is 1. The molecular weight excluding hydrogens is 438 g/mol. The van der Waals surface area contributed by atoms with Gasteiger partial charge < -0.3 is 9.47 Å². The van der Waals surface area contributed by atoms with E-state index in [0.29, 0.717) is 13.2 Å². The minimum atomic E-state index is -1.28. The number of benzene rings is 1. The van der Waals surface area contributed by atoms with Crippen LogP contribution in [0.4, 0.5) is 0 Å². The second-order valence-electron chi connectivity index (χ2n) is 9.21. The van der Waals surface area contributed by atoms with Gasteiger partial charge in [-0.3, -0.25) is 23.5 Å². The Balaban J connectivity index is 1.99. The van der Waals surface area contributed by atoms with Crippen molar-refractivity contribution in [2.75, 3.05) is 13.7 Å². The number of nitrogens with zero attached hydrogens (tertiary/aromatic N) is 3. The molecule has 0 aliphatic heterocycles. The Morgan fingerprint density at radius 2 is 1.70 bits per heavy atom. The Hall–Kier alpha value is -3.17. The van der Waals surface area contributed by atoms with Gasteiger partial charge in [-0.05, 0) is 17.7 Å². The Labute approximate surface area is 194 Å². The van der Waals surface area contributed by atoms with Crippen molar-refractivity contribution in [2.24, 2.45) is 7.05 Å². The van der Waals surface area contributed by atoms with E-state index in [1.807, 2.05) is 30.3 Å². The molecule has 0 saturated carbocycles. The molecule has 0 aliphatic carbocycles. The predicted molar refractivity (Wildman–Crippen MR) is 130 cm³/mol. The lowest BCUT2D eigenvalue weighted by Crippen LogP contribution is -2.28. The van der Waals surface area contributed by atoms with Gasteiger partial charge in [0.25, 0.3) is 11.1 Å². The van der Waals surface area contributed by atoms with Gasteiger partial charge >= 0.3 is 5.97 Å². The topological polar surface area (TPSA) is 84.5 Å². The summed E-state index contributed by atoms with van der Waals surface area (Å²) >= 11 is 0. The number of hydrogen-bond donors (Lipinski definition) is 0. The molecule has 0 N–H and O–H groups in total. The van der Waals surface area contributed by atoms with E-state index in [0.717, 1.165) is 11.6 Å². The lowest BCUT2D eigenvalue weighted by atomic mass is 10.1. The first-order valence-electron chi connectivity index (χ1n) is 10.8. The third kappa shape index (κ3) is 5.99. The second kappa shape index (κ2) is 10.2. The Morgan fingerprint density at radius 3 is 2.33 bits per heavy atom. The number of hydrogen-bond acceptors (Lipinski definition) is 5. The lowest BCUT2D eigenvalue weighted by Gasteiger charge is -2.16. The van der Waals surface area contributed by atoms with Gasteiger partial charge in [-0.1, -0.05) is 50.0 Å². The molecule has 2 heterocycles. The third-order valence-corrected chi connectivity index (χ3v) is 7.10. The highest BCUT2D eigenvalue weighted by atomic mass is 28.3. The number of rotatable bonds is 9. The van der Waals surface area contributed by atoms with E-state index in [2.05, 4.69) is 19.6 Å². The standard InChI is InChI=1S/C24H31N3O5Si/c1-25-22(28)21(16-27(25)14-18-9-7-6-8-10-18)20-13-19(24(30)31-2)15-26(23(20)29)17-32-11-12-33(3,4)5/h6-10,13,15-16H,11-12,14,17H2,1-5H3. The smallest absolute Gasteiger partial charge is 0.339 e. The molecule has 0 bridgehead atoms. The SMILES string of the molecule is COC(=O)c1cc(-c2cn(Cc3ccccc3)n(C)c2=O)c(=O)n(COCC[Si](C)(C)C)c1.